The van der Waals surface area contributed by atoms with E-state index in [1.54, 1.807) is 19.2 Å². The maximum atomic E-state index is 13.5. The highest BCUT2D eigenvalue weighted by molar-refractivity contribution is 5.20. The Morgan fingerprint density at radius 1 is 1.39 bits per heavy atom. The van der Waals surface area contributed by atoms with Gasteiger partial charge >= 0.3 is 0 Å². The Labute approximate surface area is 135 Å². The van der Waals surface area contributed by atoms with Crippen LogP contribution in [0.15, 0.2) is 28.8 Å². The first-order valence-corrected chi connectivity index (χ1v) is 8.06. The monoisotopic (exact) mass is 319 g/mol. The molecule has 0 N–H and O–H groups in total. The zero-order chi connectivity index (χ0) is 16.1. The predicted octanol–water partition coefficient (Wildman–Crippen LogP) is 3.12. The third kappa shape index (κ3) is 4.14. The predicted molar refractivity (Wildman–Crippen MR) is 83.3 cm³/mol. The number of hydrogen-bond donors (Lipinski definition) is 0. The first-order valence-electron chi connectivity index (χ1n) is 8.06. The number of methoxy groups -OCH3 is 1. The number of ether oxygens (including phenoxy) is 1. The van der Waals surface area contributed by atoms with Gasteiger partial charge in [-0.2, -0.15) is 4.98 Å². The molecule has 1 saturated heterocycles. The van der Waals surface area contributed by atoms with Crippen molar-refractivity contribution in [3.8, 4) is 0 Å². The van der Waals surface area contributed by atoms with Crippen LogP contribution in [0.4, 0.5) is 4.39 Å². The minimum absolute atomic E-state index is 0.187. The van der Waals surface area contributed by atoms with Crippen molar-refractivity contribution in [3.63, 3.8) is 0 Å². The lowest BCUT2D eigenvalue weighted by Crippen LogP contribution is -2.33. The molecule has 0 amide bonds. The molecular formula is C17H22FN3O2. The van der Waals surface area contributed by atoms with E-state index in [1.165, 1.54) is 6.07 Å². The summed E-state index contributed by atoms with van der Waals surface area (Å²) in [6.45, 7) is 2.13. The molecule has 0 radical (unpaired) electrons. The van der Waals surface area contributed by atoms with Gasteiger partial charge in [-0.3, -0.25) is 4.90 Å². The number of halogens is 1. The minimum atomic E-state index is -0.187. The summed E-state index contributed by atoms with van der Waals surface area (Å²) < 4.78 is 23.9. The van der Waals surface area contributed by atoms with E-state index in [1.807, 2.05) is 6.07 Å². The van der Waals surface area contributed by atoms with Crippen LogP contribution in [-0.4, -0.2) is 35.3 Å². The first-order chi connectivity index (χ1) is 11.3. The molecule has 1 atom stereocenters. The Morgan fingerprint density at radius 2 is 2.30 bits per heavy atom. The topological polar surface area (TPSA) is 51.4 Å². The van der Waals surface area contributed by atoms with Crippen molar-refractivity contribution in [3.05, 3.63) is 47.4 Å². The fraction of sp³-hybridized carbons (Fsp3) is 0.529. The molecule has 2 aromatic rings. The molecule has 0 bridgehead atoms. The summed E-state index contributed by atoms with van der Waals surface area (Å²) in [5.41, 5.74) is 1.02. The molecule has 0 spiro atoms. The minimum Gasteiger partial charge on any atom is -0.384 e. The molecule has 1 aromatic carbocycles. The lowest BCUT2D eigenvalue weighted by molar-refractivity contribution is 0.123. The van der Waals surface area contributed by atoms with Gasteiger partial charge in [-0.05, 0) is 37.1 Å². The van der Waals surface area contributed by atoms with Gasteiger partial charge in [0.05, 0.1) is 13.2 Å². The van der Waals surface area contributed by atoms with Crippen LogP contribution >= 0.6 is 0 Å². The molecule has 1 aliphatic heterocycles. The number of rotatable bonds is 6. The van der Waals surface area contributed by atoms with Crippen LogP contribution in [0.3, 0.4) is 0 Å². The highest BCUT2D eigenvalue weighted by Crippen LogP contribution is 2.32. The molecule has 5 nitrogen and oxygen atoms in total. The average molecular weight is 319 g/mol. The standard InChI is InChI=1S/C17H22FN3O2/c1-22-10-8-16-19-17(23-20-16)12-21-9-3-2-7-15(21)13-5-4-6-14(18)11-13/h4-6,11,15H,2-3,7-10,12H2,1H3. The van der Waals surface area contributed by atoms with E-state index < -0.39 is 0 Å². The van der Waals surface area contributed by atoms with E-state index in [9.17, 15) is 4.39 Å². The fourth-order valence-corrected chi connectivity index (χ4v) is 3.09. The molecule has 124 valence electrons. The molecule has 23 heavy (non-hydrogen) atoms. The summed E-state index contributed by atoms with van der Waals surface area (Å²) in [6, 6.07) is 7.07. The van der Waals surface area contributed by atoms with Crippen molar-refractivity contribution in [1.29, 1.82) is 0 Å². The second-order valence-electron chi connectivity index (χ2n) is 5.88. The van der Waals surface area contributed by atoms with Crippen LogP contribution < -0.4 is 0 Å². The molecule has 3 rings (SSSR count). The number of hydrogen-bond acceptors (Lipinski definition) is 5. The smallest absolute Gasteiger partial charge is 0.240 e. The maximum Gasteiger partial charge on any atom is 0.240 e. The lowest BCUT2D eigenvalue weighted by Gasteiger charge is -2.35. The summed E-state index contributed by atoms with van der Waals surface area (Å²) >= 11 is 0. The Kier molecular flexibility index (Phi) is 5.35. The number of piperidine rings is 1. The van der Waals surface area contributed by atoms with Crippen molar-refractivity contribution >= 4 is 0 Å². The van der Waals surface area contributed by atoms with Crippen molar-refractivity contribution in [2.75, 3.05) is 20.3 Å². The van der Waals surface area contributed by atoms with Gasteiger partial charge in [0.25, 0.3) is 0 Å². The highest BCUT2D eigenvalue weighted by Gasteiger charge is 2.26. The summed E-state index contributed by atoms with van der Waals surface area (Å²) in [4.78, 5) is 6.71. The second-order valence-corrected chi connectivity index (χ2v) is 5.88. The summed E-state index contributed by atoms with van der Waals surface area (Å²) in [5, 5.41) is 3.98. The van der Waals surface area contributed by atoms with Gasteiger partial charge in [-0.25, -0.2) is 4.39 Å². The van der Waals surface area contributed by atoms with Crippen LogP contribution in [0.5, 0.6) is 0 Å². The van der Waals surface area contributed by atoms with E-state index in [2.05, 4.69) is 15.0 Å². The fourth-order valence-electron chi connectivity index (χ4n) is 3.09. The van der Waals surface area contributed by atoms with Gasteiger partial charge in [0.15, 0.2) is 5.82 Å². The quantitative estimate of drug-likeness (QED) is 0.819. The Bertz CT molecular complexity index is 632. The van der Waals surface area contributed by atoms with Gasteiger partial charge in [0, 0.05) is 19.6 Å². The highest BCUT2D eigenvalue weighted by atomic mass is 19.1. The van der Waals surface area contributed by atoms with Crippen molar-refractivity contribution in [2.45, 2.75) is 38.3 Å². The zero-order valence-electron chi connectivity index (χ0n) is 13.4. The van der Waals surface area contributed by atoms with Gasteiger partial charge in [0.2, 0.25) is 5.89 Å². The molecule has 6 heteroatoms. The molecule has 1 unspecified atom stereocenters. The normalized spacial score (nSPS) is 19.1. The molecule has 2 heterocycles. The van der Waals surface area contributed by atoms with Crippen LogP contribution in [0, 0.1) is 5.82 Å². The van der Waals surface area contributed by atoms with E-state index in [-0.39, 0.29) is 11.9 Å². The van der Waals surface area contributed by atoms with Crippen molar-refractivity contribution in [1.82, 2.24) is 15.0 Å². The van der Waals surface area contributed by atoms with Crippen molar-refractivity contribution < 1.29 is 13.7 Å². The van der Waals surface area contributed by atoms with Gasteiger partial charge < -0.3 is 9.26 Å². The Morgan fingerprint density at radius 3 is 3.13 bits per heavy atom. The van der Waals surface area contributed by atoms with Crippen LogP contribution in [0.2, 0.25) is 0 Å². The molecule has 0 aliphatic carbocycles. The van der Waals surface area contributed by atoms with Gasteiger partial charge in [-0.1, -0.05) is 23.7 Å². The van der Waals surface area contributed by atoms with Gasteiger partial charge in [0.1, 0.15) is 5.82 Å². The number of benzene rings is 1. The van der Waals surface area contributed by atoms with Crippen molar-refractivity contribution in [2.24, 2.45) is 0 Å². The third-order valence-electron chi connectivity index (χ3n) is 4.23. The largest absolute Gasteiger partial charge is 0.384 e. The van der Waals surface area contributed by atoms with Crippen LogP contribution in [0.25, 0.3) is 0 Å². The van der Waals surface area contributed by atoms with Gasteiger partial charge in [-0.15, -0.1) is 0 Å². The zero-order valence-corrected chi connectivity index (χ0v) is 13.4. The molecule has 1 aliphatic rings. The molecule has 1 fully saturated rings. The maximum absolute atomic E-state index is 13.5. The Hall–Kier alpha value is -1.79. The number of nitrogens with zero attached hydrogens (tertiary/aromatic N) is 3. The number of likely N-dealkylation sites (tertiary alicyclic amines) is 1. The van der Waals surface area contributed by atoms with E-state index in [0.717, 1.165) is 31.4 Å². The third-order valence-corrected chi connectivity index (χ3v) is 4.23. The summed E-state index contributed by atoms with van der Waals surface area (Å²) in [7, 11) is 1.65. The van der Waals surface area contributed by atoms with Crippen LogP contribution in [-0.2, 0) is 17.7 Å². The number of aromatic nitrogens is 2. The molecule has 1 aromatic heterocycles. The van der Waals surface area contributed by atoms with E-state index in [4.69, 9.17) is 9.26 Å². The SMILES string of the molecule is COCCc1noc(CN2CCCCC2c2cccc(F)c2)n1. The molecular weight excluding hydrogens is 297 g/mol. The average Bonchev–Trinajstić information content (AvgIpc) is 3.01. The molecule has 0 saturated carbocycles. The summed E-state index contributed by atoms with van der Waals surface area (Å²) in [5.74, 6) is 1.09. The lowest BCUT2D eigenvalue weighted by atomic mass is 9.95. The van der Waals surface area contributed by atoms with E-state index >= 15 is 0 Å². The summed E-state index contributed by atoms with van der Waals surface area (Å²) in [6.07, 6.45) is 3.96. The first kappa shape index (κ1) is 16.1. The Balaban J connectivity index is 1.70. The second kappa shape index (κ2) is 7.66. The van der Waals surface area contributed by atoms with Crippen LogP contribution in [0.1, 0.15) is 42.6 Å². The van der Waals surface area contributed by atoms with E-state index in [0.29, 0.717) is 31.3 Å².